The van der Waals surface area contributed by atoms with Crippen molar-refractivity contribution >= 4 is 11.7 Å². The average molecular weight is 407 g/mol. The maximum absolute atomic E-state index is 13.4. The Hall–Kier alpha value is -3.88. The van der Waals surface area contributed by atoms with Crippen LogP contribution < -0.4 is 5.32 Å². The zero-order valence-corrected chi connectivity index (χ0v) is 15.5. The van der Waals surface area contributed by atoms with E-state index in [4.69, 9.17) is 4.52 Å². The van der Waals surface area contributed by atoms with Crippen LogP contribution in [-0.2, 0) is 0 Å². The number of halogens is 2. The van der Waals surface area contributed by atoms with Gasteiger partial charge in [-0.15, -0.1) is 5.10 Å². The fourth-order valence-corrected chi connectivity index (χ4v) is 3.23. The second kappa shape index (κ2) is 7.18. The van der Waals surface area contributed by atoms with Crippen LogP contribution in [0.1, 0.15) is 34.9 Å². The summed E-state index contributed by atoms with van der Waals surface area (Å²) < 4.78 is 33.4. The number of benzene rings is 2. The van der Waals surface area contributed by atoms with Crippen molar-refractivity contribution < 1.29 is 18.1 Å². The van der Waals surface area contributed by atoms with Crippen molar-refractivity contribution in [3.8, 4) is 17.0 Å². The second-order valence-electron chi connectivity index (χ2n) is 7.03. The summed E-state index contributed by atoms with van der Waals surface area (Å²) in [5, 5.41) is 14.6. The normalized spacial score (nSPS) is 13.4. The highest BCUT2D eigenvalue weighted by Crippen LogP contribution is 2.42. The lowest BCUT2D eigenvalue weighted by atomic mass is 10.1. The van der Waals surface area contributed by atoms with E-state index in [0.717, 1.165) is 12.8 Å². The number of rotatable bonds is 5. The molecule has 0 radical (unpaired) electrons. The third-order valence-corrected chi connectivity index (χ3v) is 4.82. The van der Waals surface area contributed by atoms with Crippen molar-refractivity contribution in [1.82, 2.24) is 20.2 Å². The molecule has 1 saturated carbocycles. The van der Waals surface area contributed by atoms with Crippen LogP contribution in [-0.4, -0.2) is 26.1 Å². The first-order valence-electron chi connectivity index (χ1n) is 9.34. The Kier molecular flexibility index (Phi) is 4.35. The van der Waals surface area contributed by atoms with Gasteiger partial charge in [-0.3, -0.25) is 4.79 Å². The van der Waals surface area contributed by atoms with E-state index in [0.29, 0.717) is 22.7 Å². The van der Waals surface area contributed by atoms with Gasteiger partial charge in [0.25, 0.3) is 5.91 Å². The Balaban J connectivity index is 1.41. The molecule has 150 valence electrons. The molecule has 1 aliphatic rings. The van der Waals surface area contributed by atoms with E-state index in [1.54, 1.807) is 28.9 Å². The summed E-state index contributed by atoms with van der Waals surface area (Å²) >= 11 is 0. The number of hydrogen-bond donors (Lipinski definition) is 1. The van der Waals surface area contributed by atoms with Gasteiger partial charge in [-0.25, -0.2) is 13.5 Å². The van der Waals surface area contributed by atoms with Gasteiger partial charge in [-0.1, -0.05) is 22.5 Å². The Morgan fingerprint density at radius 1 is 1.07 bits per heavy atom. The molecule has 2 heterocycles. The van der Waals surface area contributed by atoms with Crippen molar-refractivity contribution in [2.45, 2.75) is 18.8 Å². The van der Waals surface area contributed by atoms with Gasteiger partial charge in [-0.2, -0.15) is 0 Å². The molecule has 2 aromatic heterocycles. The van der Waals surface area contributed by atoms with E-state index >= 15 is 0 Å². The Morgan fingerprint density at radius 2 is 1.87 bits per heavy atom. The van der Waals surface area contributed by atoms with Crippen molar-refractivity contribution in [2.75, 3.05) is 5.32 Å². The number of nitrogens with one attached hydrogen (secondary N) is 1. The fraction of sp³-hybridized carbons (Fsp3) is 0.143. The Labute approximate surface area is 169 Å². The number of nitrogens with zero attached hydrogens (tertiary/aromatic N) is 4. The number of hydrogen-bond acceptors (Lipinski definition) is 5. The molecule has 0 aliphatic heterocycles. The third-order valence-electron chi connectivity index (χ3n) is 4.82. The van der Waals surface area contributed by atoms with Crippen LogP contribution in [0.25, 0.3) is 17.0 Å². The minimum absolute atomic E-state index is 0.158. The number of carbonyl (C=O) groups excluding carboxylic acids is 1. The summed E-state index contributed by atoms with van der Waals surface area (Å²) in [5.41, 5.74) is 1.98. The highest BCUT2D eigenvalue weighted by molar-refractivity contribution is 6.03. The molecule has 1 amide bonds. The van der Waals surface area contributed by atoms with Crippen molar-refractivity contribution in [1.29, 1.82) is 0 Å². The maximum atomic E-state index is 13.4. The summed E-state index contributed by atoms with van der Waals surface area (Å²) in [7, 11) is 0. The highest BCUT2D eigenvalue weighted by atomic mass is 19.1. The molecule has 1 aliphatic carbocycles. The van der Waals surface area contributed by atoms with Crippen LogP contribution in [0, 0.1) is 11.6 Å². The topological polar surface area (TPSA) is 85.8 Å². The molecule has 2 aromatic carbocycles. The molecule has 0 bridgehead atoms. The zero-order valence-electron chi connectivity index (χ0n) is 15.5. The van der Waals surface area contributed by atoms with Gasteiger partial charge in [0.15, 0.2) is 17.3 Å². The Bertz CT molecular complexity index is 1230. The van der Waals surface area contributed by atoms with E-state index in [-0.39, 0.29) is 23.2 Å². The quantitative estimate of drug-likeness (QED) is 0.532. The van der Waals surface area contributed by atoms with E-state index in [1.807, 2.05) is 0 Å². The molecule has 4 aromatic rings. The molecule has 30 heavy (non-hydrogen) atoms. The van der Waals surface area contributed by atoms with Gasteiger partial charge < -0.3 is 9.84 Å². The molecule has 1 N–H and O–H groups in total. The minimum atomic E-state index is -0.482. The van der Waals surface area contributed by atoms with E-state index in [1.165, 1.54) is 30.3 Å². The van der Waals surface area contributed by atoms with Crippen LogP contribution in [0.2, 0.25) is 0 Å². The first kappa shape index (κ1) is 18.2. The van der Waals surface area contributed by atoms with Gasteiger partial charge in [0.05, 0.1) is 11.4 Å². The van der Waals surface area contributed by atoms with E-state index < -0.39 is 11.7 Å². The predicted molar refractivity (Wildman–Crippen MR) is 103 cm³/mol. The van der Waals surface area contributed by atoms with Crippen LogP contribution in [0.3, 0.4) is 0 Å². The van der Waals surface area contributed by atoms with E-state index in [2.05, 4.69) is 20.8 Å². The molecule has 0 spiro atoms. The molecule has 1 fully saturated rings. The lowest BCUT2D eigenvalue weighted by molar-refractivity contribution is 0.102. The molecule has 9 heteroatoms. The SMILES string of the molecule is O=C(Nc1cc(-c2cccc(F)c2)on1)c1nnn(-c2ccc(F)cc2)c1C1CC1. The van der Waals surface area contributed by atoms with Crippen molar-refractivity contribution in [3.63, 3.8) is 0 Å². The second-order valence-corrected chi connectivity index (χ2v) is 7.03. The first-order valence-corrected chi connectivity index (χ1v) is 9.34. The monoisotopic (exact) mass is 407 g/mol. The molecule has 0 saturated heterocycles. The summed E-state index contributed by atoms with van der Waals surface area (Å²) in [5.74, 6) is -0.583. The standard InChI is InChI=1S/C21H15F2N5O2/c22-14-6-8-16(9-7-14)28-20(12-4-5-12)19(25-27-28)21(29)24-18-11-17(30-26-18)13-2-1-3-15(23)10-13/h1-3,6-12H,4-5H2,(H,24,26,29). The van der Waals surface area contributed by atoms with Crippen LogP contribution in [0.15, 0.2) is 59.1 Å². The highest BCUT2D eigenvalue weighted by Gasteiger charge is 2.34. The summed E-state index contributed by atoms with van der Waals surface area (Å²) in [4.78, 5) is 12.8. The predicted octanol–water partition coefficient (Wildman–Crippen LogP) is 4.33. The fourth-order valence-electron chi connectivity index (χ4n) is 3.23. The molecular formula is C21H15F2N5O2. The zero-order chi connectivity index (χ0) is 20.7. The molecular weight excluding hydrogens is 392 g/mol. The van der Waals surface area contributed by atoms with Gasteiger partial charge in [0, 0.05) is 17.5 Å². The smallest absolute Gasteiger partial charge is 0.279 e. The molecule has 5 rings (SSSR count). The number of aromatic nitrogens is 4. The summed E-state index contributed by atoms with van der Waals surface area (Å²) in [6.07, 6.45) is 1.84. The molecule has 7 nitrogen and oxygen atoms in total. The third kappa shape index (κ3) is 3.45. The first-order chi connectivity index (χ1) is 14.6. The summed E-state index contributed by atoms with van der Waals surface area (Å²) in [6, 6.07) is 13.2. The van der Waals surface area contributed by atoms with E-state index in [9.17, 15) is 13.6 Å². The largest absolute Gasteiger partial charge is 0.354 e. The van der Waals surface area contributed by atoms with Gasteiger partial charge in [0.1, 0.15) is 11.6 Å². The lowest BCUT2D eigenvalue weighted by Crippen LogP contribution is -2.15. The van der Waals surface area contributed by atoms with Gasteiger partial charge >= 0.3 is 0 Å². The average Bonchev–Trinajstić information content (AvgIpc) is 3.30. The van der Waals surface area contributed by atoms with Crippen LogP contribution in [0.4, 0.5) is 14.6 Å². The lowest BCUT2D eigenvalue weighted by Gasteiger charge is -2.06. The van der Waals surface area contributed by atoms with Crippen molar-refractivity contribution in [3.05, 3.63) is 77.6 Å². The van der Waals surface area contributed by atoms with Gasteiger partial charge in [0.2, 0.25) is 0 Å². The number of anilines is 1. The summed E-state index contributed by atoms with van der Waals surface area (Å²) in [6.45, 7) is 0. The number of carbonyl (C=O) groups is 1. The maximum Gasteiger partial charge on any atom is 0.279 e. The minimum Gasteiger partial charge on any atom is -0.354 e. The molecule has 0 atom stereocenters. The molecule has 0 unspecified atom stereocenters. The van der Waals surface area contributed by atoms with Crippen molar-refractivity contribution in [2.24, 2.45) is 0 Å². The van der Waals surface area contributed by atoms with Crippen LogP contribution in [0.5, 0.6) is 0 Å². The van der Waals surface area contributed by atoms with Gasteiger partial charge in [-0.05, 0) is 49.2 Å². The van der Waals surface area contributed by atoms with Crippen LogP contribution >= 0.6 is 0 Å². The number of amides is 1. The Morgan fingerprint density at radius 3 is 2.60 bits per heavy atom.